The van der Waals surface area contributed by atoms with Gasteiger partial charge in [0.15, 0.2) is 17.5 Å². The number of carbonyl (C=O) groups is 1. The topological polar surface area (TPSA) is 74.0 Å². The molecule has 5 rings (SSSR count). The maximum atomic E-state index is 11.6. The molecule has 2 unspecified atom stereocenters. The van der Waals surface area contributed by atoms with E-state index >= 15 is 0 Å². The first-order valence-corrected chi connectivity index (χ1v) is 12.5. The number of ether oxygens (including phenoxy) is 3. The molecule has 0 spiro atoms. The molecule has 1 saturated heterocycles. The Morgan fingerprint density at radius 2 is 2.00 bits per heavy atom. The first kappa shape index (κ1) is 24.4. The maximum absolute atomic E-state index is 11.6. The van der Waals surface area contributed by atoms with E-state index in [9.17, 15) is 4.79 Å². The van der Waals surface area contributed by atoms with Gasteiger partial charge in [0.25, 0.3) is 0 Å². The number of allylic oxidation sites excluding steroid dienone is 2. The van der Waals surface area contributed by atoms with Crippen LogP contribution in [0.3, 0.4) is 0 Å². The molecule has 0 N–H and O–H groups in total. The van der Waals surface area contributed by atoms with E-state index in [1.54, 1.807) is 12.1 Å². The van der Waals surface area contributed by atoms with Crippen LogP contribution in [0.2, 0.25) is 0 Å². The van der Waals surface area contributed by atoms with Gasteiger partial charge >= 0.3 is 0 Å². The van der Waals surface area contributed by atoms with E-state index < -0.39 is 5.60 Å². The molecule has 0 radical (unpaired) electrons. The lowest BCUT2D eigenvalue weighted by molar-refractivity contribution is -0.0582. The van der Waals surface area contributed by atoms with Crippen molar-refractivity contribution < 1.29 is 23.4 Å². The van der Waals surface area contributed by atoms with Crippen LogP contribution in [0.15, 0.2) is 65.1 Å². The molecule has 7 nitrogen and oxygen atoms in total. The quantitative estimate of drug-likeness (QED) is 0.314. The van der Waals surface area contributed by atoms with Crippen LogP contribution in [-0.2, 0) is 15.1 Å². The summed E-state index contributed by atoms with van der Waals surface area (Å²) in [6, 6.07) is 13.7. The Hall–Kier alpha value is -3.26. The third-order valence-electron chi connectivity index (χ3n) is 7.10. The highest BCUT2D eigenvalue weighted by Gasteiger charge is 2.45. The summed E-state index contributed by atoms with van der Waals surface area (Å²) in [6.45, 7) is 7.12. The number of oxazole rings is 1. The Morgan fingerprint density at radius 1 is 1.19 bits per heavy atom. The number of aldehydes is 1. The molecule has 3 aromatic rings. The van der Waals surface area contributed by atoms with E-state index in [2.05, 4.69) is 30.0 Å². The van der Waals surface area contributed by atoms with Gasteiger partial charge in [0.05, 0.1) is 25.9 Å². The highest BCUT2D eigenvalue weighted by atomic mass is 16.5. The standard InChI is InChI=1S/C29H32N2O5/c1-21-24(22-8-4-3-5-9-22)10-6-11-29(21,35-15-7-12-31-13-16-34-17-14-31)28-30-25-18-23(20-32)26(33-2)19-27(25)36-28/h3-6,8-11,18-21H,7,12-17H2,1-2H3. The van der Waals surface area contributed by atoms with Crippen LogP contribution in [0.4, 0.5) is 0 Å². The number of hydrogen-bond donors (Lipinski definition) is 0. The number of methoxy groups -OCH3 is 1. The van der Waals surface area contributed by atoms with Crippen LogP contribution in [0.5, 0.6) is 5.75 Å². The highest BCUT2D eigenvalue weighted by Crippen LogP contribution is 2.46. The third kappa shape index (κ3) is 4.74. The first-order chi connectivity index (χ1) is 17.6. The Morgan fingerprint density at radius 3 is 2.75 bits per heavy atom. The second-order valence-electron chi connectivity index (χ2n) is 9.22. The highest BCUT2D eigenvalue weighted by molar-refractivity contribution is 5.88. The second-order valence-corrected chi connectivity index (χ2v) is 9.22. The molecule has 0 amide bonds. The van der Waals surface area contributed by atoms with Gasteiger partial charge in [-0.15, -0.1) is 0 Å². The van der Waals surface area contributed by atoms with E-state index in [0.717, 1.165) is 56.7 Å². The maximum Gasteiger partial charge on any atom is 0.232 e. The normalized spacial score (nSPS) is 22.5. The molecule has 1 aromatic heterocycles. The van der Waals surface area contributed by atoms with Crippen LogP contribution in [0, 0.1) is 5.92 Å². The third-order valence-corrected chi connectivity index (χ3v) is 7.10. The van der Waals surface area contributed by atoms with Gasteiger partial charge < -0.3 is 18.6 Å². The summed E-state index contributed by atoms with van der Waals surface area (Å²) in [7, 11) is 1.54. The van der Waals surface area contributed by atoms with Crippen molar-refractivity contribution in [3.05, 3.63) is 77.7 Å². The number of fused-ring (bicyclic) bond motifs is 1. The smallest absolute Gasteiger partial charge is 0.232 e. The number of aromatic nitrogens is 1. The van der Waals surface area contributed by atoms with Gasteiger partial charge in [-0.1, -0.05) is 49.4 Å². The first-order valence-electron chi connectivity index (χ1n) is 12.5. The molecule has 2 heterocycles. The van der Waals surface area contributed by atoms with Crippen molar-refractivity contribution >= 4 is 23.0 Å². The Kier molecular flexibility index (Phi) is 7.32. The minimum absolute atomic E-state index is 0.0613. The van der Waals surface area contributed by atoms with Gasteiger partial charge in [0.1, 0.15) is 11.3 Å². The molecule has 188 valence electrons. The zero-order valence-corrected chi connectivity index (χ0v) is 20.8. The van der Waals surface area contributed by atoms with Crippen molar-refractivity contribution in [3.63, 3.8) is 0 Å². The number of nitrogens with zero attached hydrogens (tertiary/aromatic N) is 2. The minimum Gasteiger partial charge on any atom is -0.496 e. The molecule has 0 saturated carbocycles. The number of rotatable bonds is 9. The summed E-state index contributed by atoms with van der Waals surface area (Å²) in [6.07, 6.45) is 7.85. The van der Waals surface area contributed by atoms with E-state index in [1.807, 2.05) is 30.4 Å². The van der Waals surface area contributed by atoms with Crippen molar-refractivity contribution in [1.29, 1.82) is 0 Å². The Balaban J connectivity index is 1.48. The van der Waals surface area contributed by atoms with Crippen molar-refractivity contribution in [1.82, 2.24) is 9.88 Å². The summed E-state index contributed by atoms with van der Waals surface area (Å²) in [4.78, 5) is 18.8. The van der Waals surface area contributed by atoms with E-state index in [-0.39, 0.29) is 5.92 Å². The monoisotopic (exact) mass is 488 g/mol. The van der Waals surface area contributed by atoms with Gasteiger partial charge in [-0.3, -0.25) is 9.69 Å². The SMILES string of the molecule is COc1cc2oc(C3(OCCCN4CCOCC4)C=CC=C(c4ccccc4)C3C)nc2cc1C=O. The van der Waals surface area contributed by atoms with Crippen LogP contribution in [-0.4, -0.2) is 62.7 Å². The predicted octanol–water partition coefficient (Wildman–Crippen LogP) is 4.87. The molecule has 7 heteroatoms. The molecule has 1 fully saturated rings. The summed E-state index contributed by atoms with van der Waals surface area (Å²) < 4.78 is 23.9. The Labute approximate surface area is 211 Å². The van der Waals surface area contributed by atoms with Crippen LogP contribution < -0.4 is 4.74 Å². The lowest BCUT2D eigenvalue weighted by Crippen LogP contribution is -2.39. The fraction of sp³-hybridized carbons (Fsp3) is 0.379. The fourth-order valence-corrected chi connectivity index (χ4v) is 5.04. The fourth-order valence-electron chi connectivity index (χ4n) is 5.04. The molecular weight excluding hydrogens is 456 g/mol. The summed E-state index contributed by atoms with van der Waals surface area (Å²) >= 11 is 0. The lowest BCUT2D eigenvalue weighted by Gasteiger charge is -2.37. The molecule has 36 heavy (non-hydrogen) atoms. The number of benzene rings is 2. The molecule has 2 aromatic carbocycles. The largest absolute Gasteiger partial charge is 0.496 e. The second kappa shape index (κ2) is 10.8. The predicted molar refractivity (Wildman–Crippen MR) is 138 cm³/mol. The van der Waals surface area contributed by atoms with E-state index in [1.165, 1.54) is 7.11 Å². The van der Waals surface area contributed by atoms with Gasteiger partial charge in [-0.05, 0) is 29.7 Å². The van der Waals surface area contributed by atoms with Crippen molar-refractivity contribution in [2.45, 2.75) is 18.9 Å². The van der Waals surface area contributed by atoms with Crippen molar-refractivity contribution in [3.8, 4) is 5.75 Å². The number of carbonyl (C=O) groups excluding carboxylic acids is 1. The van der Waals surface area contributed by atoms with Gasteiger partial charge in [0.2, 0.25) is 5.89 Å². The Bertz CT molecular complexity index is 1260. The zero-order chi connectivity index (χ0) is 25.0. The van der Waals surface area contributed by atoms with Crippen LogP contribution in [0.25, 0.3) is 16.7 Å². The van der Waals surface area contributed by atoms with Crippen molar-refractivity contribution in [2.75, 3.05) is 46.6 Å². The molecule has 2 atom stereocenters. The average molecular weight is 489 g/mol. The molecule has 1 aliphatic heterocycles. The molecule has 1 aliphatic carbocycles. The van der Waals surface area contributed by atoms with E-state index in [4.69, 9.17) is 23.6 Å². The molecule has 0 bridgehead atoms. The van der Waals surface area contributed by atoms with Gasteiger partial charge in [-0.2, -0.15) is 0 Å². The number of morpholine rings is 1. The number of hydrogen-bond acceptors (Lipinski definition) is 7. The molecule has 2 aliphatic rings. The summed E-state index contributed by atoms with van der Waals surface area (Å²) in [5.74, 6) is 0.867. The summed E-state index contributed by atoms with van der Waals surface area (Å²) in [5, 5.41) is 0. The van der Waals surface area contributed by atoms with Crippen LogP contribution in [0.1, 0.15) is 35.2 Å². The van der Waals surface area contributed by atoms with Gasteiger partial charge in [0, 0.05) is 38.2 Å². The van der Waals surface area contributed by atoms with Crippen molar-refractivity contribution in [2.24, 2.45) is 5.92 Å². The van der Waals surface area contributed by atoms with Crippen LogP contribution >= 0.6 is 0 Å². The van der Waals surface area contributed by atoms with E-state index in [0.29, 0.717) is 34.9 Å². The molecular formula is C29H32N2O5. The minimum atomic E-state index is -0.890. The lowest BCUT2D eigenvalue weighted by atomic mass is 9.76. The average Bonchev–Trinajstić information content (AvgIpc) is 3.35. The van der Waals surface area contributed by atoms with Gasteiger partial charge in [-0.25, -0.2) is 4.98 Å². The summed E-state index contributed by atoms with van der Waals surface area (Å²) in [5.41, 5.74) is 2.98. The zero-order valence-electron chi connectivity index (χ0n) is 20.8.